The average molecular weight is 353 g/mol. The van der Waals surface area contributed by atoms with E-state index in [-0.39, 0.29) is 5.91 Å². The molecule has 1 aliphatic heterocycles. The molecule has 9 heteroatoms. The van der Waals surface area contributed by atoms with Crippen molar-refractivity contribution >= 4 is 22.6 Å². The van der Waals surface area contributed by atoms with Crippen molar-refractivity contribution in [3.05, 3.63) is 30.6 Å². The molecule has 0 unspecified atom stereocenters. The molecule has 1 fully saturated rings. The second kappa shape index (κ2) is 7.14. The Morgan fingerprint density at radius 1 is 1.19 bits per heavy atom. The fraction of sp³-hybridized carbons (Fsp3) is 0.353. The van der Waals surface area contributed by atoms with Gasteiger partial charge in [-0.25, -0.2) is 0 Å². The summed E-state index contributed by atoms with van der Waals surface area (Å²) in [5.41, 5.74) is 1.68. The molecule has 1 saturated heterocycles. The lowest BCUT2D eigenvalue weighted by Crippen LogP contribution is -2.41. The van der Waals surface area contributed by atoms with Gasteiger partial charge in [-0.3, -0.25) is 9.69 Å². The molecule has 0 aliphatic carbocycles. The summed E-state index contributed by atoms with van der Waals surface area (Å²) in [6.45, 7) is 3.17. The third-order valence-corrected chi connectivity index (χ3v) is 4.29. The number of aryl methyl sites for hydroxylation is 1. The van der Waals surface area contributed by atoms with Crippen LogP contribution in [-0.2, 0) is 16.6 Å². The van der Waals surface area contributed by atoms with E-state index in [1.54, 1.807) is 6.33 Å². The quantitative estimate of drug-likeness (QED) is 0.737. The van der Waals surface area contributed by atoms with Crippen LogP contribution in [0.3, 0.4) is 0 Å². The van der Waals surface area contributed by atoms with Gasteiger partial charge in [-0.05, 0) is 24.3 Å². The molecular formula is C17H19N7O2. The van der Waals surface area contributed by atoms with Crippen molar-refractivity contribution in [1.29, 1.82) is 0 Å². The first-order chi connectivity index (χ1) is 12.7. The maximum absolute atomic E-state index is 12.2. The first-order valence-corrected chi connectivity index (χ1v) is 8.41. The van der Waals surface area contributed by atoms with Crippen LogP contribution in [-0.4, -0.2) is 68.6 Å². The molecule has 1 amide bonds. The number of fused-ring (bicyclic) bond motifs is 1. The maximum atomic E-state index is 12.2. The Morgan fingerprint density at radius 2 is 2.04 bits per heavy atom. The summed E-state index contributed by atoms with van der Waals surface area (Å²) in [4.78, 5) is 14.3. The fourth-order valence-corrected chi connectivity index (χ4v) is 2.93. The van der Waals surface area contributed by atoms with Gasteiger partial charge in [0.05, 0.1) is 25.3 Å². The number of amides is 1. The van der Waals surface area contributed by atoms with Gasteiger partial charge in [-0.1, -0.05) is 0 Å². The van der Waals surface area contributed by atoms with E-state index in [2.05, 4.69) is 30.6 Å². The number of nitrogens with one attached hydrogen (secondary N) is 1. The second-order valence-electron chi connectivity index (χ2n) is 6.21. The number of carbonyl (C=O) groups is 1. The number of rotatable bonds is 4. The smallest absolute Gasteiger partial charge is 0.239 e. The zero-order valence-corrected chi connectivity index (χ0v) is 14.4. The second-order valence-corrected chi connectivity index (χ2v) is 6.21. The number of morpholine rings is 1. The van der Waals surface area contributed by atoms with Crippen molar-refractivity contribution in [3.63, 3.8) is 0 Å². The van der Waals surface area contributed by atoms with Crippen LogP contribution >= 0.6 is 0 Å². The van der Waals surface area contributed by atoms with Crippen LogP contribution in [0.1, 0.15) is 0 Å². The van der Waals surface area contributed by atoms with Crippen LogP contribution in [0.2, 0.25) is 0 Å². The number of carbonyl (C=O) groups excluding carboxylic acids is 1. The number of ether oxygens (including phenoxy) is 1. The molecule has 9 nitrogen and oxygen atoms in total. The lowest BCUT2D eigenvalue weighted by Gasteiger charge is -2.25. The zero-order valence-electron chi connectivity index (χ0n) is 14.4. The van der Waals surface area contributed by atoms with Gasteiger partial charge in [-0.2, -0.15) is 0 Å². The summed E-state index contributed by atoms with van der Waals surface area (Å²) in [6, 6.07) is 7.59. The van der Waals surface area contributed by atoms with Gasteiger partial charge in [0.2, 0.25) is 5.91 Å². The minimum atomic E-state index is -0.106. The summed E-state index contributed by atoms with van der Waals surface area (Å²) in [7, 11) is 1.89. The summed E-state index contributed by atoms with van der Waals surface area (Å²) in [5, 5.41) is 20.0. The predicted molar refractivity (Wildman–Crippen MR) is 95.4 cm³/mol. The molecule has 2 aromatic heterocycles. The monoisotopic (exact) mass is 353 g/mol. The van der Waals surface area contributed by atoms with E-state index < -0.39 is 0 Å². The first kappa shape index (κ1) is 16.6. The molecule has 26 heavy (non-hydrogen) atoms. The molecule has 0 bridgehead atoms. The van der Waals surface area contributed by atoms with E-state index in [4.69, 9.17) is 4.74 Å². The van der Waals surface area contributed by atoms with Crippen molar-refractivity contribution in [3.8, 4) is 11.4 Å². The highest BCUT2D eigenvalue weighted by molar-refractivity contribution is 5.93. The molecule has 0 radical (unpaired) electrons. The number of aromatic nitrogens is 5. The lowest BCUT2D eigenvalue weighted by atomic mass is 10.1. The van der Waals surface area contributed by atoms with E-state index in [0.29, 0.717) is 25.6 Å². The van der Waals surface area contributed by atoms with Gasteiger partial charge >= 0.3 is 0 Å². The number of hydrogen-bond acceptors (Lipinski definition) is 7. The SMILES string of the molecule is Cn1cnnc1-c1ccc2nnc(NC(=O)CN3CCOCC3)cc2c1. The third-order valence-electron chi connectivity index (χ3n) is 4.29. The Balaban J connectivity index is 1.52. The summed E-state index contributed by atoms with van der Waals surface area (Å²) < 4.78 is 7.14. The van der Waals surface area contributed by atoms with E-state index in [1.165, 1.54) is 0 Å². The summed E-state index contributed by atoms with van der Waals surface area (Å²) >= 11 is 0. The molecule has 1 N–H and O–H groups in total. The van der Waals surface area contributed by atoms with Crippen LogP contribution in [0.5, 0.6) is 0 Å². The number of nitrogens with zero attached hydrogens (tertiary/aromatic N) is 6. The van der Waals surface area contributed by atoms with E-state index >= 15 is 0 Å². The minimum absolute atomic E-state index is 0.106. The van der Waals surface area contributed by atoms with Crippen molar-refractivity contribution < 1.29 is 9.53 Å². The van der Waals surface area contributed by atoms with E-state index in [0.717, 1.165) is 35.4 Å². The van der Waals surface area contributed by atoms with Crippen LogP contribution < -0.4 is 5.32 Å². The van der Waals surface area contributed by atoms with Gasteiger partial charge < -0.3 is 14.6 Å². The molecule has 1 aliphatic rings. The fourth-order valence-electron chi connectivity index (χ4n) is 2.93. The highest BCUT2D eigenvalue weighted by Crippen LogP contribution is 2.22. The third kappa shape index (κ3) is 3.53. The molecule has 1 aromatic carbocycles. The molecule has 134 valence electrons. The van der Waals surface area contributed by atoms with Crippen molar-refractivity contribution in [2.24, 2.45) is 7.05 Å². The van der Waals surface area contributed by atoms with Crippen molar-refractivity contribution in [1.82, 2.24) is 29.9 Å². The molecule has 0 atom stereocenters. The topological polar surface area (TPSA) is 98.1 Å². The minimum Gasteiger partial charge on any atom is -0.379 e. The molecule has 3 heterocycles. The Kier molecular flexibility index (Phi) is 4.55. The van der Waals surface area contributed by atoms with E-state index in [1.807, 2.05) is 35.9 Å². The first-order valence-electron chi connectivity index (χ1n) is 8.41. The largest absolute Gasteiger partial charge is 0.379 e. The van der Waals surface area contributed by atoms with Gasteiger partial charge in [-0.15, -0.1) is 20.4 Å². The van der Waals surface area contributed by atoms with Crippen LogP contribution in [0.4, 0.5) is 5.82 Å². The Morgan fingerprint density at radius 3 is 2.81 bits per heavy atom. The van der Waals surface area contributed by atoms with Crippen molar-refractivity contribution in [2.75, 3.05) is 38.2 Å². The van der Waals surface area contributed by atoms with Gasteiger partial charge in [0.25, 0.3) is 0 Å². The van der Waals surface area contributed by atoms with Gasteiger partial charge in [0, 0.05) is 31.1 Å². The highest BCUT2D eigenvalue weighted by Gasteiger charge is 2.15. The standard InChI is InChI=1S/C17H19N7O2/c1-23-11-18-22-17(23)12-2-3-14-13(8-12)9-15(21-20-14)19-16(25)10-24-4-6-26-7-5-24/h2-3,8-9,11H,4-7,10H2,1H3,(H,19,21,25). The summed E-state index contributed by atoms with van der Waals surface area (Å²) in [6.07, 6.45) is 1.65. The van der Waals surface area contributed by atoms with Gasteiger partial charge in [0.1, 0.15) is 6.33 Å². The average Bonchev–Trinajstić information content (AvgIpc) is 3.08. The number of anilines is 1. The molecule has 0 saturated carbocycles. The van der Waals surface area contributed by atoms with E-state index in [9.17, 15) is 4.79 Å². The molecule has 0 spiro atoms. The number of benzene rings is 1. The Labute approximate surface area is 150 Å². The number of hydrogen-bond donors (Lipinski definition) is 1. The normalized spacial score (nSPS) is 15.3. The van der Waals surface area contributed by atoms with Crippen molar-refractivity contribution in [2.45, 2.75) is 0 Å². The summed E-state index contributed by atoms with van der Waals surface area (Å²) in [5.74, 6) is 1.09. The molecular weight excluding hydrogens is 334 g/mol. The highest BCUT2D eigenvalue weighted by atomic mass is 16.5. The molecule has 4 rings (SSSR count). The lowest BCUT2D eigenvalue weighted by molar-refractivity contribution is -0.118. The predicted octanol–water partition coefficient (Wildman–Crippen LogP) is 0.696. The maximum Gasteiger partial charge on any atom is 0.239 e. The van der Waals surface area contributed by atoms with Crippen LogP contribution in [0, 0.1) is 0 Å². The molecule has 3 aromatic rings. The van der Waals surface area contributed by atoms with Gasteiger partial charge in [0.15, 0.2) is 11.6 Å². The zero-order chi connectivity index (χ0) is 17.9. The Bertz CT molecular complexity index is 934. The van der Waals surface area contributed by atoms with Crippen LogP contribution in [0.15, 0.2) is 30.6 Å². The Hall–Kier alpha value is -2.91. The van der Waals surface area contributed by atoms with Crippen LogP contribution in [0.25, 0.3) is 22.3 Å².